The summed E-state index contributed by atoms with van der Waals surface area (Å²) in [6.07, 6.45) is 0. The molecule has 0 bridgehead atoms. The number of hydrazone groups is 1. The quantitative estimate of drug-likeness (QED) is 0.641. The van der Waals surface area contributed by atoms with Gasteiger partial charge < -0.3 is 9.47 Å². The number of amides is 1. The molecule has 1 N–H and O–H groups in total. The molecule has 0 aromatic heterocycles. The number of para-hydroxylation sites is 1. The molecule has 2 rings (SSSR count). The first-order valence-corrected chi connectivity index (χ1v) is 7.43. The molecule has 0 fully saturated rings. The van der Waals surface area contributed by atoms with Gasteiger partial charge in [-0.15, -0.1) is 0 Å². The Balaban J connectivity index is 1.93. The number of carbonyl (C=O) groups excluding carboxylic acids is 1. The maximum absolute atomic E-state index is 13.7. The van der Waals surface area contributed by atoms with Gasteiger partial charge in [-0.3, -0.25) is 4.79 Å². The van der Waals surface area contributed by atoms with Crippen molar-refractivity contribution in [3.05, 3.63) is 58.9 Å². The van der Waals surface area contributed by atoms with Crippen molar-refractivity contribution in [1.82, 2.24) is 5.43 Å². The van der Waals surface area contributed by atoms with E-state index in [0.717, 1.165) is 0 Å². The van der Waals surface area contributed by atoms with E-state index in [0.29, 0.717) is 22.0 Å². The van der Waals surface area contributed by atoms with Crippen molar-refractivity contribution in [2.45, 2.75) is 6.92 Å². The van der Waals surface area contributed by atoms with Crippen molar-refractivity contribution >= 4 is 23.2 Å². The molecule has 7 heteroatoms. The molecule has 0 aliphatic heterocycles. The predicted octanol–water partition coefficient (Wildman–Crippen LogP) is 3.41. The van der Waals surface area contributed by atoms with Crippen LogP contribution in [0.3, 0.4) is 0 Å². The minimum absolute atomic E-state index is 0.142. The van der Waals surface area contributed by atoms with Gasteiger partial charge in [-0.05, 0) is 37.3 Å². The molecule has 5 nitrogen and oxygen atoms in total. The number of methoxy groups -OCH3 is 1. The molecule has 2 aromatic rings. The van der Waals surface area contributed by atoms with Gasteiger partial charge >= 0.3 is 0 Å². The summed E-state index contributed by atoms with van der Waals surface area (Å²) in [7, 11) is 1.39. The van der Waals surface area contributed by atoms with Gasteiger partial charge in [0.05, 0.1) is 17.8 Å². The number of benzene rings is 2. The minimum atomic E-state index is -0.502. The van der Waals surface area contributed by atoms with Crippen molar-refractivity contribution in [1.29, 1.82) is 0 Å². The Kier molecular flexibility index (Phi) is 6.14. The average molecular weight is 351 g/mol. The van der Waals surface area contributed by atoms with E-state index in [1.54, 1.807) is 37.3 Å². The van der Waals surface area contributed by atoms with Crippen LogP contribution in [0.4, 0.5) is 4.39 Å². The fourth-order valence-electron chi connectivity index (χ4n) is 1.84. The van der Waals surface area contributed by atoms with Crippen LogP contribution in [0, 0.1) is 5.82 Å². The summed E-state index contributed by atoms with van der Waals surface area (Å²) < 4.78 is 23.8. The number of ether oxygens (including phenoxy) is 2. The van der Waals surface area contributed by atoms with Crippen molar-refractivity contribution < 1.29 is 18.7 Å². The zero-order valence-electron chi connectivity index (χ0n) is 13.2. The Labute approximate surface area is 144 Å². The van der Waals surface area contributed by atoms with Crippen LogP contribution in [0.2, 0.25) is 5.02 Å². The summed E-state index contributed by atoms with van der Waals surface area (Å²) in [4.78, 5) is 11.8. The SMILES string of the molecule is COc1ccc(/C(C)=N\NC(=O)COc2ccccc2Cl)cc1F. The Morgan fingerprint density at radius 1 is 1.25 bits per heavy atom. The van der Waals surface area contributed by atoms with E-state index >= 15 is 0 Å². The summed E-state index contributed by atoms with van der Waals surface area (Å²) in [5, 5.41) is 4.34. The van der Waals surface area contributed by atoms with E-state index in [2.05, 4.69) is 10.5 Å². The largest absolute Gasteiger partial charge is 0.494 e. The van der Waals surface area contributed by atoms with Crippen LogP contribution >= 0.6 is 11.6 Å². The van der Waals surface area contributed by atoms with Gasteiger partial charge in [-0.25, -0.2) is 9.82 Å². The molecule has 0 radical (unpaired) electrons. The van der Waals surface area contributed by atoms with Crippen LogP contribution in [0.15, 0.2) is 47.6 Å². The van der Waals surface area contributed by atoms with Crippen molar-refractivity contribution in [3.8, 4) is 11.5 Å². The molecule has 0 heterocycles. The van der Waals surface area contributed by atoms with Gasteiger partial charge in [0.15, 0.2) is 18.2 Å². The normalized spacial score (nSPS) is 11.1. The van der Waals surface area contributed by atoms with Crippen LogP contribution in [-0.2, 0) is 4.79 Å². The first-order chi connectivity index (χ1) is 11.5. The molecule has 0 saturated heterocycles. The molecule has 0 aliphatic rings. The maximum Gasteiger partial charge on any atom is 0.277 e. The molecule has 126 valence electrons. The smallest absolute Gasteiger partial charge is 0.277 e. The maximum atomic E-state index is 13.7. The lowest BCUT2D eigenvalue weighted by Crippen LogP contribution is -2.25. The highest BCUT2D eigenvalue weighted by Crippen LogP contribution is 2.22. The van der Waals surface area contributed by atoms with Gasteiger partial charge in [0.25, 0.3) is 5.91 Å². The Hall–Kier alpha value is -2.60. The monoisotopic (exact) mass is 350 g/mol. The molecular formula is C17H16ClFN2O3. The van der Waals surface area contributed by atoms with Gasteiger partial charge in [0.2, 0.25) is 0 Å². The Bertz CT molecular complexity index is 765. The molecule has 0 unspecified atom stereocenters. The third kappa shape index (κ3) is 4.70. The summed E-state index contributed by atoms with van der Waals surface area (Å²) in [5.41, 5.74) is 3.32. The molecule has 0 aliphatic carbocycles. The molecule has 1 amide bonds. The standard InChI is InChI=1S/C17H16ClFN2O3/c1-11(12-7-8-16(23-2)14(19)9-12)20-21-17(22)10-24-15-6-4-3-5-13(15)18/h3-9H,10H2,1-2H3,(H,21,22)/b20-11-. The highest BCUT2D eigenvalue weighted by Gasteiger charge is 2.07. The number of rotatable bonds is 6. The van der Waals surface area contributed by atoms with E-state index in [4.69, 9.17) is 21.1 Å². The molecule has 0 atom stereocenters. The molecule has 24 heavy (non-hydrogen) atoms. The number of nitrogens with zero attached hydrogens (tertiary/aromatic N) is 1. The van der Waals surface area contributed by atoms with Crippen LogP contribution in [0.5, 0.6) is 11.5 Å². The molecule has 0 saturated carbocycles. The van der Waals surface area contributed by atoms with Crippen molar-refractivity contribution in [2.75, 3.05) is 13.7 Å². The highest BCUT2D eigenvalue weighted by atomic mass is 35.5. The van der Waals surface area contributed by atoms with E-state index in [9.17, 15) is 9.18 Å². The number of hydrogen-bond donors (Lipinski definition) is 1. The molecular weight excluding hydrogens is 335 g/mol. The summed E-state index contributed by atoms with van der Waals surface area (Å²) in [5.74, 6) is -0.405. The van der Waals surface area contributed by atoms with Crippen LogP contribution < -0.4 is 14.9 Å². The first-order valence-electron chi connectivity index (χ1n) is 7.05. The van der Waals surface area contributed by atoms with Gasteiger partial charge in [0, 0.05) is 5.56 Å². The Morgan fingerprint density at radius 2 is 2.00 bits per heavy atom. The lowest BCUT2D eigenvalue weighted by molar-refractivity contribution is -0.123. The lowest BCUT2D eigenvalue weighted by atomic mass is 10.1. The van der Waals surface area contributed by atoms with Crippen molar-refractivity contribution in [3.63, 3.8) is 0 Å². The zero-order valence-corrected chi connectivity index (χ0v) is 13.9. The van der Waals surface area contributed by atoms with Crippen LogP contribution in [0.25, 0.3) is 0 Å². The number of hydrogen-bond acceptors (Lipinski definition) is 4. The van der Waals surface area contributed by atoms with Gasteiger partial charge in [0.1, 0.15) is 5.75 Å². The molecule has 2 aromatic carbocycles. The zero-order chi connectivity index (χ0) is 17.5. The van der Waals surface area contributed by atoms with Crippen LogP contribution in [0.1, 0.15) is 12.5 Å². The van der Waals surface area contributed by atoms with E-state index in [1.807, 2.05) is 0 Å². The van der Waals surface area contributed by atoms with Crippen LogP contribution in [-0.4, -0.2) is 25.3 Å². The summed E-state index contributed by atoms with van der Waals surface area (Å²) >= 11 is 5.92. The third-order valence-corrected chi connectivity index (χ3v) is 3.43. The fraction of sp³-hybridized carbons (Fsp3) is 0.176. The summed E-state index contributed by atoms with van der Waals surface area (Å²) in [6, 6.07) is 11.2. The second-order valence-electron chi connectivity index (χ2n) is 4.80. The number of halogens is 2. The lowest BCUT2D eigenvalue weighted by Gasteiger charge is -2.07. The van der Waals surface area contributed by atoms with Gasteiger partial charge in [-0.2, -0.15) is 5.10 Å². The van der Waals surface area contributed by atoms with Gasteiger partial charge in [-0.1, -0.05) is 23.7 Å². The average Bonchev–Trinajstić information content (AvgIpc) is 2.58. The van der Waals surface area contributed by atoms with E-state index < -0.39 is 11.7 Å². The topological polar surface area (TPSA) is 59.9 Å². The third-order valence-electron chi connectivity index (χ3n) is 3.11. The Morgan fingerprint density at radius 3 is 2.67 bits per heavy atom. The first kappa shape index (κ1) is 17.7. The predicted molar refractivity (Wildman–Crippen MR) is 90.3 cm³/mol. The van der Waals surface area contributed by atoms with E-state index in [-0.39, 0.29) is 12.4 Å². The second-order valence-corrected chi connectivity index (χ2v) is 5.21. The minimum Gasteiger partial charge on any atom is -0.494 e. The summed E-state index contributed by atoms with van der Waals surface area (Å²) in [6.45, 7) is 1.41. The highest BCUT2D eigenvalue weighted by molar-refractivity contribution is 6.32. The number of nitrogens with one attached hydrogen (secondary N) is 1. The second kappa shape index (κ2) is 8.31. The number of carbonyl (C=O) groups is 1. The molecule has 0 spiro atoms. The van der Waals surface area contributed by atoms with E-state index in [1.165, 1.54) is 19.2 Å². The fourth-order valence-corrected chi connectivity index (χ4v) is 2.03. The van der Waals surface area contributed by atoms with Crippen molar-refractivity contribution in [2.24, 2.45) is 5.10 Å².